The SMILES string of the molecule is O=C(Nc1ccc(C(=O)c2ccc3ncc(OCCO)nc3c2)cc1)c1ccc(Cl)c(C(F)(F)F)c1. The van der Waals surface area contributed by atoms with Crippen molar-refractivity contribution in [3.05, 3.63) is 94.1 Å². The lowest BCUT2D eigenvalue weighted by molar-refractivity contribution is -0.137. The number of nitrogens with zero attached hydrogens (tertiary/aromatic N) is 2. The second kappa shape index (κ2) is 10.3. The van der Waals surface area contributed by atoms with Crippen molar-refractivity contribution in [3.8, 4) is 5.88 Å². The lowest BCUT2D eigenvalue weighted by Crippen LogP contribution is -2.14. The smallest absolute Gasteiger partial charge is 0.417 e. The van der Waals surface area contributed by atoms with Crippen LogP contribution in [0.25, 0.3) is 11.0 Å². The minimum atomic E-state index is -4.70. The molecule has 1 aromatic heterocycles. The van der Waals surface area contributed by atoms with Crippen molar-refractivity contribution in [2.75, 3.05) is 18.5 Å². The fourth-order valence-corrected chi connectivity index (χ4v) is 3.54. The van der Waals surface area contributed by atoms with Crippen molar-refractivity contribution in [2.24, 2.45) is 0 Å². The number of fused-ring (bicyclic) bond motifs is 1. The van der Waals surface area contributed by atoms with Gasteiger partial charge in [0.25, 0.3) is 5.91 Å². The average Bonchev–Trinajstić information content (AvgIpc) is 2.86. The maximum absolute atomic E-state index is 13.1. The quantitative estimate of drug-likeness (QED) is 0.330. The number of carbonyl (C=O) groups excluding carboxylic acids is 2. The summed E-state index contributed by atoms with van der Waals surface area (Å²) in [6.45, 7) is -0.119. The van der Waals surface area contributed by atoms with Gasteiger partial charge in [-0.05, 0) is 60.7 Å². The van der Waals surface area contributed by atoms with Crippen LogP contribution < -0.4 is 10.1 Å². The van der Waals surface area contributed by atoms with Crippen molar-refractivity contribution < 1.29 is 32.6 Å². The zero-order valence-corrected chi connectivity index (χ0v) is 19.1. The van der Waals surface area contributed by atoms with E-state index in [0.29, 0.717) is 28.2 Å². The van der Waals surface area contributed by atoms with Crippen molar-refractivity contribution in [1.29, 1.82) is 0 Å². The fraction of sp³-hybridized carbons (Fsp3) is 0.120. The predicted octanol–water partition coefficient (Wildman–Crippen LogP) is 5.16. The summed E-state index contributed by atoms with van der Waals surface area (Å²) in [6, 6.07) is 13.6. The van der Waals surface area contributed by atoms with Crippen molar-refractivity contribution >= 4 is 40.0 Å². The van der Waals surface area contributed by atoms with Crippen molar-refractivity contribution in [2.45, 2.75) is 6.18 Å². The lowest BCUT2D eigenvalue weighted by atomic mass is 10.0. The van der Waals surface area contributed by atoms with E-state index in [1.807, 2.05) is 0 Å². The number of ether oxygens (including phenoxy) is 1. The molecule has 0 saturated carbocycles. The monoisotopic (exact) mass is 515 g/mol. The van der Waals surface area contributed by atoms with Crippen LogP contribution in [-0.4, -0.2) is 40.0 Å². The van der Waals surface area contributed by atoms with Gasteiger partial charge in [0.15, 0.2) is 5.78 Å². The zero-order valence-electron chi connectivity index (χ0n) is 18.3. The molecule has 1 amide bonds. The van der Waals surface area contributed by atoms with E-state index in [1.165, 1.54) is 36.5 Å². The molecule has 4 aromatic rings. The molecule has 11 heteroatoms. The number of alkyl halides is 3. The molecule has 3 aromatic carbocycles. The van der Waals surface area contributed by atoms with Crippen molar-refractivity contribution in [3.63, 3.8) is 0 Å². The highest BCUT2D eigenvalue weighted by Gasteiger charge is 2.33. The van der Waals surface area contributed by atoms with E-state index in [1.54, 1.807) is 18.2 Å². The number of benzene rings is 3. The second-order valence-corrected chi connectivity index (χ2v) is 7.94. The van der Waals surface area contributed by atoms with E-state index in [-0.39, 0.29) is 36.1 Å². The largest absolute Gasteiger partial charge is 0.474 e. The van der Waals surface area contributed by atoms with Crippen LogP contribution in [0.2, 0.25) is 5.02 Å². The number of hydrogen-bond donors (Lipinski definition) is 2. The van der Waals surface area contributed by atoms with Crippen LogP contribution in [-0.2, 0) is 6.18 Å². The van der Waals surface area contributed by atoms with Gasteiger partial charge in [-0.25, -0.2) is 9.97 Å². The second-order valence-electron chi connectivity index (χ2n) is 7.54. The van der Waals surface area contributed by atoms with Gasteiger partial charge in [0.1, 0.15) is 6.61 Å². The summed E-state index contributed by atoms with van der Waals surface area (Å²) in [6.07, 6.45) is -3.28. The first kappa shape index (κ1) is 25.1. The summed E-state index contributed by atoms with van der Waals surface area (Å²) in [4.78, 5) is 33.9. The number of amides is 1. The summed E-state index contributed by atoms with van der Waals surface area (Å²) in [5.41, 5.74) is 0.609. The standard InChI is InChI=1S/C25H17ClF3N3O4/c26-19-7-3-16(11-18(19)25(27,28)29)24(35)31-17-5-1-14(2-6-17)23(34)15-4-8-20-21(12-15)32-22(13-30-20)36-10-9-33/h1-8,11-13,33H,9-10H2,(H,31,35). The number of rotatable bonds is 7. The molecular formula is C25H17ClF3N3O4. The molecular weight excluding hydrogens is 499 g/mol. The Morgan fingerprint density at radius 2 is 1.64 bits per heavy atom. The Labute approximate surface area is 207 Å². The minimum Gasteiger partial charge on any atom is -0.474 e. The first-order chi connectivity index (χ1) is 17.2. The Kier molecular flexibility index (Phi) is 7.18. The summed E-state index contributed by atoms with van der Waals surface area (Å²) in [5.74, 6) is -0.862. The molecule has 0 aliphatic rings. The molecule has 0 unspecified atom stereocenters. The van der Waals surface area contributed by atoms with Crippen LogP contribution in [0.4, 0.5) is 18.9 Å². The highest BCUT2D eigenvalue weighted by atomic mass is 35.5. The van der Waals surface area contributed by atoms with Gasteiger partial charge >= 0.3 is 6.18 Å². The number of hydrogen-bond acceptors (Lipinski definition) is 6. The molecule has 0 bridgehead atoms. The molecule has 36 heavy (non-hydrogen) atoms. The third-order valence-electron chi connectivity index (χ3n) is 5.06. The zero-order chi connectivity index (χ0) is 25.9. The Morgan fingerprint density at radius 1 is 0.944 bits per heavy atom. The third kappa shape index (κ3) is 5.61. The minimum absolute atomic E-state index is 0.0587. The van der Waals surface area contributed by atoms with Crippen LogP contribution in [0.3, 0.4) is 0 Å². The Morgan fingerprint density at radius 3 is 2.33 bits per heavy atom. The van der Waals surface area contributed by atoms with Gasteiger partial charge in [-0.1, -0.05) is 11.6 Å². The molecule has 184 valence electrons. The summed E-state index contributed by atoms with van der Waals surface area (Å²) in [7, 11) is 0. The molecule has 0 radical (unpaired) electrons. The van der Waals surface area contributed by atoms with Crippen LogP contribution in [0.5, 0.6) is 5.88 Å². The normalized spacial score (nSPS) is 11.4. The fourth-order valence-electron chi connectivity index (χ4n) is 3.31. The molecule has 0 saturated heterocycles. The Hall–Kier alpha value is -4.02. The number of aromatic nitrogens is 2. The Bertz CT molecular complexity index is 1440. The van der Waals surface area contributed by atoms with Gasteiger partial charge in [-0.3, -0.25) is 9.59 Å². The molecule has 0 atom stereocenters. The predicted molar refractivity (Wildman–Crippen MR) is 126 cm³/mol. The van der Waals surface area contributed by atoms with Gasteiger partial charge in [0.05, 0.1) is 34.4 Å². The highest BCUT2D eigenvalue weighted by molar-refractivity contribution is 6.31. The first-order valence-corrected chi connectivity index (χ1v) is 10.9. The topological polar surface area (TPSA) is 101 Å². The molecule has 0 fully saturated rings. The molecule has 7 nitrogen and oxygen atoms in total. The molecule has 0 aliphatic heterocycles. The van der Waals surface area contributed by atoms with E-state index < -0.39 is 22.7 Å². The van der Waals surface area contributed by atoms with Gasteiger partial charge in [-0.2, -0.15) is 13.2 Å². The van der Waals surface area contributed by atoms with E-state index >= 15 is 0 Å². The number of carbonyl (C=O) groups is 2. The number of aliphatic hydroxyl groups excluding tert-OH is 1. The van der Waals surface area contributed by atoms with Gasteiger partial charge in [0.2, 0.25) is 5.88 Å². The summed E-state index contributed by atoms with van der Waals surface area (Å²) in [5, 5.41) is 10.9. The van der Waals surface area contributed by atoms with E-state index in [9.17, 15) is 22.8 Å². The highest BCUT2D eigenvalue weighted by Crippen LogP contribution is 2.35. The van der Waals surface area contributed by atoms with Gasteiger partial charge in [0, 0.05) is 22.4 Å². The van der Waals surface area contributed by atoms with E-state index in [0.717, 1.165) is 6.07 Å². The van der Waals surface area contributed by atoms with Crippen LogP contribution >= 0.6 is 11.6 Å². The van der Waals surface area contributed by atoms with Crippen LogP contribution in [0.15, 0.2) is 66.9 Å². The summed E-state index contributed by atoms with van der Waals surface area (Å²) >= 11 is 5.60. The van der Waals surface area contributed by atoms with Crippen LogP contribution in [0.1, 0.15) is 31.8 Å². The molecule has 2 N–H and O–H groups in total. The van der Waals surface area contributed by atoms with Crippen LogP contribution in [0, 0.1) is 0 Å². The van der Waals surface area contributed by atoms with Crippen molar-refractivity contribution in [1.82, 2.24) is 9.97 Å². The van der Waals surface area contributed by atoms with E-state index in [2.05, 4.69) is 15.3 Å². The first-order valence-electron chi connectivity index (χ1n) is 10.5. The summed E-state index contributed by atoms with van der Waals surface area (Å²) < 4.78 is 44.4. The molecule has 1 heterocycles. The molecule has 0 spiro atoms. The lowest BCUT2D eigenvalue weighted by Gasteiger charge is -2.11. The Balaban J connectivity index is 1.50. The molecule has 0 aliphatic carbocycles. The maximum atomic E-state index is 13.1. The maximum Gasteiger partial charge on any atom is 0.417 e. The third-order valence-corrected chi connectivity index (χ3v) is 5.39. The average molecular weight is 516 g/mol. The molecule has 4 rings (SSSR count). The number of aliphatic hydroxyl groups is 1. The number of ketones is 1. The number of halogens is 4. The number of nitrogens with one attached hydrogen (secondary N) is 1. The van der Waals surface area contributed by atoms with Gasteiger partial charge in [-0.15, -0.1) is 0 Å². The van der Waals surface area contributed by atoms with Gasteiger partial charge < -0.3 is 15.2 Å². The number of anilines is 1. The van der Waals surface area contributed by atoms with E-state index in [4.69, 9.17) is 21.4 Å².